The summed E-state index contributed by atoms with van der Waals surface area (Å²) in [6.07, 6.45) is 1.35. The van der Waals surface area contributed by atoms with Crippen molar-refractivity contribution >= 4 is 50.7 Å². The monoisotopic (exact) mass is 555 g/mol. The topological polar surface area (TPSA) is 86.8 Å². The van der Waals surface area contributed by atoms with Gasteiger partial charge in [0.15, 0.2) is 0 Å². The summed E-state index contributed by atoms with van der Waals surface area (Å²) in [6, 6.07) is 11.6. The van der Waals surface area contributed by atoms with E-state index in [1.165, 1.54) is 17.0 Å². The summed E-state index contributed by atoms with van der Waals surface area (Å²) in [4.78, 5) is 27.8. The second kappa shape index (κ2) is 12.3. The number of hydrogen-bond acceptors (Lipinski definition) is 4. The van der Waals surface area contributed by atoms with Crippen molar-refractivity contribution in [2.75, 3.05) is 17.1 Å². The van der Waals surface area contributed by atoms with E-state index in [4.69, 9.17) is 23.2 Å². The van der Waals surface area contributed by atoms with E-state index in [1.807, 2.05) is 52.0 Å². The van der Waals surface area contributed by atoms with Crippen LogP contribution >= 0.6 is 23.2 Å². The van der Waals surface area contributed by atoms with E-state index in [2.05, 4.69) is 5.32 Å². The predicted molar refractivity (Wildman–Crippen MR) is 147 cm³/mol. The van der Waals surface area contributed by atoms with Gasteiger partial charge in [-0.05, 0) is 64.8 Å². The zero-order valence-electron chi connectivity index (χ0n) is 21.6. The van der Waals surface area contributed by atoms with Crippen molar-refractivity contribution in [3.63, 3.8) is 0 Å². The fourth-order valence-electron chi connectivity index (χ4n) is 3.72. The molecule has 0 aliphatic rings. The third-order valence-corrected chi connectivity index (χ3v) is 7.16. The predicted octanol–water partition coefficient (Wildman–Crippen LogP) is 5.18. The van der Waals surface area contributed by atoms with Crippen LogP contribution in [0.5, 0.6) is 0 Å². The summed E-state index contributed by atoms with van der Waals surface area (Å²) in [5.41, 5.74) is 1.76. The van der Waals surface area contributed by atoms with Gasteiger partial charge in [-0.1, -0.05) is 53.0 Å². The van der Waals surface area contributed by atoms with Crippen molar-refractivity contribution in [1.82, 2.24) is 10.2 Å². The van der Waals surface area contributed by atoms with Gasteiger partial charge in [-0.2, -0.15) is 0 Å². The Morgan fingerprint density at radius 3 is 2.33 bits per heavy atom. The fraction of sp³-hybridized carbons (Fsp3) is 0.462. The van der Waals surface area contributed by atoms with Crippen LogP contribution in [-0.2, 0) is 26.2 Å². The van der Waals surface area contributed by atoms with Crippen LogP contribution in [0.4, 0.5) is 5.69 Å². The average Bonchev–Trinajstić information content (AvgIpc) is 2.74. The minimum absolute atomic E-state index is 0.0332. The number of nitrogens with one attached hydrogen (secondary N) is 1. The van der Waals surface area contributed by atoms with Crippen LogP contribution in [0.25, 0.3) is 0 Å². The van der Waals surface area contributed by atoms with Gasteiger partial charge in [-0.25, -0.2) is 8.42 Å². The highest BCUT2D eigenvalue weighted by Gasteiger charge is 2.29. The molecule has 1 atom stereocenters. The number of sulfonamides is 1. The maximum Gasteiger partial charge on any atom is 0.242 e. The average molecular weight is 557 g/mol. The summed E-state index contributed by atoms with van der Waals surface area (Å²) in [5, 5.41) is 3.52. The molecule has 2 aromatic rings. The van der Waals surface area contributed by atoms with E-state index in [-0.39, 0.29) is 48.5 Å². The normalized spacial score (nSPS) is 12.7. The Bertz CT molecular complexity index is 1200. The number of rotatable bonds is 10. The minimum atomic E-state index is -3.68. The fourth-order valence-corrected chi connectivity index (χ4v) is 5.13. The number of carbonyl (C=O) groups is 2. The van der Waals surface area contributed by atoms with Gasteiger partial charge in [0.1, 0.15) is 6.04 Å². The van der Waals surface area contributed by atoms with Crippen LogP contribution in [0.15, 0.2) is 42.5 Å². The summed E-state index contributed by atoms with van der Waals surface area (Å²) in [6.45, 7) is 9.59. The molecule has 36 heavy (non-hydrogen) atoms. The molecule has 2 rings (SSSR count). The first-order valence-electron chi connectivity index (χ1n) is 11.7. The number of halogens is 2. The molecule has 198 valence electrons. The number of hydrogen-bond donors (Lipinski definition) is 1. The van der Waals surface area contributed by atoms with E-state index >= 15 is 0 Å². The van der Waals surface area contributed by atoms with Crippen LogP contribution in [-0.4, -0.2) is 49.5 Å². The maximum atomic E-state index is 13.4. The van der Waals surface area contributed by atoms with Gasteiger partial charge >= 0.3 is 0 Å². The first-order valence-corrected chi connectivity index (χ1v) is 14.3. The molecule has 10 heteroatoms. The van der Waals surface area contributed by atoms with Gasteiger partial charge < -0.3 is 10.2 Å². The van der Waals surface area contributed by atoms with Crippen molar-refractivity contribution in [3.05, 3.63) is 63.6 Å². The van der Waals surface area contributed by atoms with Crippen LogP contribution in [0.2, 0.25) is 10.0 Å². The van der Waals surface area contributed by atoms with E-state index in [1.54, 1.807) is 13.0 Å². The third kappa shape index (κ3) is 8.98. The largest absolute Gasteiger partial charge is 0.350 e. The first-order chi connectivity index (χ1) is 16.6. The zero-order chi connectivity index (χ0) is 27.3. The molecule has 1 N–H and O–H groups in total. The molecule has 0 heterocycles. The lowest BCUT2D eigenvalue weighted by atomic mass is 10.1. The molecule has 0 radical (unpaired) electrons. The summed E-state index contributed by atoms with van der Waals surface area (Å²) in [7, 11) is -3.68. The summed E-state index contributed by atoms with van der Waals surface area (Å²) < 4.78 is 26.1. The Labute approximate surface area is 224 Å². The molecule has 0 bridgehead atoms. The van der Waals surface area contributed by atoms with E-state index in [9.17, 15) is 18.0 Å². The van der Waals surface area contributed by atoms with Gasteiger partial charge in [0, 0.05) is 30.1 Å². The number of amides is 2. The Balaban J connectivity index is 2.23. The number of nitrogens with zero attached hydrogens (tertiary/aromatic N) is 2. The number of carbonyl (C=O) groups excluding carboxylic acids is 2. The number of benzene rings is 2. The molecule has 0 saturated carbocycles. The molecule has 0 spiro atoms. The van der Waals surface area contributed by atoms with E-state index < -0.39 is 21.6 Å². The molecule has 2 amide bonds. The standard InChI is InChI=1S/C26H35Cl2N3O4S/c1-18-9-7-10-20(15-18)17-30(19(2)25(33)29-26(3,4)5)24(32)11-8-14-31(36(6,34)35)23-16-21(27)12-13-22(23)28/h7,9-10,12-13,15-16,19H,8,11,14,17H2,1-6H3,(H,29,33)/t19-/m0/s1. The lowest BCUT2D eigenvalue weighted by Gasteiger charge is -2.32. The minimum Gasteiger partial charge on any atom is -0.350 e. The van der Waals surface area contributed by atoms with Gasteiger partial charge in [0.05, 0.1) is 17.0 Å². The quantitative estimate of drug-likeness (QED) is 0.437. The van der Waals surface area contributed by atoms with Gasteiger partial charge in [0.25, 0.3) is 0 Å². The second-order valence-corrected chi connectivity index (χ2v) is 12.7. The summed E-state index contributed by atoms with van der Waals surface area (Å²) >= 11 is 12.3. The highest BCUT2D eigenvalue weighted by Crippen LogP contribution is 2.31. The number of aryl methyl sites for hydroxylation is 1. The SMILES string of the molecule is Cc1cccc(CN(C(=O)CCCN(c2cc(Cl)ccc2Cl)S(C)(=O)=O)[C@@H](C)C(=O)NC(C)(C)C)c1. The zero-order valence-corrected chi connectivity index (χ0v) is 24.0. The molecule has 0 aromatic heterocycles. The molecule has 0 unspecified atom stereocenters. The molecule has 0 fully saturated rings. The van der Waals surface area contributed by atoms with Crippen LogP contribution in [0, 0.1) is 6.92 Å². The van der Waals surface area contributed by atoms with Crippen molar-refractivity contribution in [3.8, 4) is 0 Å². The molecular weight excluding hydrogens is 521 g/mol. The first kappa shape index (κ1) is 29.9. The number of anilines is 1. The van der Waals surface area contributed by atoms with Gasteiger partial charge in [0.2, 0.25) is 21.8 Å². The lowest BCUT2D eigenvalue weighted by Crippen LogP contribution is -2.52. The van der Waals surface area contributed by atoms with E-state index in [0.29, 0.717) is 5.02 Å². The maximum absolute atomic E-state index is 13.4. The van der Waals surface area contributed by atoms with Crippen molar-refractivity contribution in [1.29, 1.82) is 0 Å². The van der Waals surface area contributed by atoms with Crippen molar-refractivity contribution in [2.24, 2.45) is 0 Å². The summed E-state index contributed by atoms with van der Waals surface area (Å²) in [5.74, 6) is -0.509. The lowest BCUT2D eigenvalue weighted by molar-refractivity contribution is -0.141. The Morgan fingerprint density at radius 1 is 1.08 bits per heavy atom. The molecule has 2 aromatic carbocycles. The van der Waals surface area contributed by atoms with Gasteiger partial charge in [-0.3, -0.25) is 13.9 Å². The third-order valence-electron chi connectivity index (χ3n) is 5.43. The molecular formula is C26H35Cl2N3O4S. The van der Waals surface area contributed by atoms with Crippen molar-refractivity contribution < 1.29 is 18.0 Å². The highest BCUT2D eigenvalue weighted by atomic mass is 35.5. The van der Waals surface area contributed by atoms with Crippen LogP contribution in [0.1, 0.15) is 51.7 Å². The van der Waals surface area contributed by atoms with Crippen LogP contribution < -0.4 is 9.62 Å². The molecule has 0 saturated heterocycles. The van der Waals surface area contributed by atoms with Gasteiger partial charge in [-0.15, -0.1) is 0 Å². The molecule has 7 nitrogen and oxygen atoms in total. The smallest absolute Gasteiger partial charge is 0.242 e. The molecule has 0 aliphatic heterocycles. The molecule has 0 aliphatic carbocycles. The van der Waals surface area contributed by atoms with Crippen LogP contribution in [0.3, 0.4) is 0 Å². The van der Waals surface area contributed by atoms with Crippen molar-refractivity contribution in [2.45, 2.75) is 65.6 Å². The second-order valence-electron chi connectivity index (χ2n) is 9.96. The Hall–Kier alpha value is -2.29. The van der Waals surface area contributed by atoms with E-state index in [0.717, 1.165) is 21.7 Å². The Kier molecular flexibility index (Phi) is 10.2. The highest BCUT2D eigenvalue weighted by molar-refractivity contribution is 7.92. The Morgan fingerprint density at radius 2 is 1.75 bits per heavy atom.